The van der Waals surface area contributed by atoms with Crippen molar-refractivity contribution in [3.63, 3.8) is 0 Å². The second-order valence-corrected chi connectivity index (χ2v) is 6.98. The van der Waals surface area contributed by atoms with Crippen LogP contribution in [0, 0.1) is 0 Å². The molecule has 0 unspecified atom stereocenters. The quantitative estimate of drug-likeness (QED) is 0.843. The minimum absolute atomic E-state index is 0.0259. The molecular formula is C17H18Cl2N2. The Morgan fingerprint density at radius 3 is 2.43 bits per heavy atom. The van der Waals surface area contributed by atoms with Gasteiger partial charge in [0.2, 0.25) is 0 Å². The molecule has 1 aliphatic rings. The van der Waals surface area contributed by atoms with E-state index in [1.54, 1.807) is 0 Å². The van der Waals surface area contributed by atoms with Gasteiger partial charge in [-0.25, -0.2) is 0 Å². The smallest absolute Gasteiger partial charge is 0.0595 e. The van der Waals surface area contributed by atoms with E-state index < -0.39 is 0 Å². The Hall–Kier alpha value is -1.09. The number of nitrogens with zero attached hydrogens (tertiary/aromatic N) is 1. The van der Waals surface area contributed by atoms with Crippen molar-refractivity contribution < 1.29 is 0 Å². The van der Waals surface area contributed by atoms with Gasteiger partial charge < -0.3 is 5.32 Å². The van der Waals surface area contributed by atoms with Gasteiger partial charge in [-0.3, -0.25) is 4.98 Å². The minimum atomic E-state index is 0.0259. The van der Waals surface area contributed by atoms with Crippen LogP contribution in [-0.2, 0) is 0 Å². The average molecular weight is 321 g/mol. The van der Waals surface area contributed by atoms with Gasteiger partial charge in [-0.15, -0.1) is 0 Å². The third kappa shape index (κ3) is 2.94. The number of hydrogen-bond donors (Lipinski definition) is 1. The van der Waals surface area contributed by atoms with Crippen LogP contribution in [0.5, 0.6) is 0 Å². The monoisotopic (exact) mass is 320 g/mol. The number of hydrogen-bond acceptors (Lipinski definition) is 2. The number of aromatic nitrogens is 1. The Balaban J connectivity index is 1.89. The fourth-order valence-corrected chi connectivity index (χ4v) is 3.54. The summed E-state index contributed by atoms with van der Waals surface area (Å²) in [7, 11) is 0. The van der Waals surface area contributed by atoms with E-state index in [1.807, 2.05) is 24.5 Å². The van der Waals surface area contributed by atoms with Crippen LogP contribution in [0.3, 0.4) is 0 Å². The second kappa shape index (κ2) is 5.60. The van der Waals surface area contributed by atoms with E-state index in [9.17, 15) is 0 Å². The third-order valence-corrected chi connectivity index (χ3v) is 5.08. The van der Waals surface area contributed by atoms with Crippen LogP contribution >= 0.6 is 23.2 Å². The van der Waals surface area contributed by atoms with Crippen molar-refractivity contribution in [1.29, 1.82) is 0 Å². The molecule has 1 saturated heterocycles. The summed E-state index contributed by atoms with van der Waals surface area (Å²) in [5.74, 6) is 0.444. The van der Waals surface area contributed by atoms with E-state index in [2.05, 4.69) is 42.3 Å². The SMILES string of the molecule is CC1(C)N[C@@H](c2ccc(Cl)c(Cl)c2)C[C@H]1c1ccncc1. The van der Waals surface area contributed by atoms with Gasteiger partial charge in [0, 0.05) is 29.9 Å². The molecule has 3 rings (SSSR count). The van der Waals surface area contributed by atoms with Crippen molar-refractivity contribution in [1.82, 2.24) is 10.3 Å². The lowest BCUT2D eigenvalue weighted by atomic mass is 9.83. The van der Waals surface area contributed by atoms with Gasteiger partial charge in [0.25, 0.3) is 0 Å². The molecule has 0 amide bonds. The largest absolute Gasteiger partial charge is 0.304 e. The maximum absolute atomic E-state index is 6.15. The van der Waals surface area contributed by atoms with Crippen molar-refractivity contribution in [2.24, 2.45) is 0 Å². The summed E-state index contributed by atoms with van der Waals surface area (Å²) in [6.07, 6.45) is 4.75. The molecule has 1 aromatic carbocycles. The van der Waals surface area contributed by atoms with Gasteiger partial charge in [0.1, 0.15) is 0 Å². The summed E-state index contributed by atoms with van der Waals surface area (Å²) in [6.45, 7) is 4.49. The first-order valence-corrected chi connectivity index (χ1v) is 7.85. The Labute approximate surface area is 135 Å². The summed E-state index contributed by atoms with van der Waals surface area (Å²) in [4.78, 5) is 4.11. The maximum Gasteiger partial charge on any atom is 0.0595 e. The van der Waals surface area contributed by atoms with Crippen LogP contribution in [0.2, 0.25) is 10.0 Å². The summed E-state index contributed by atoms with van der Waals surface area (Å²) < 4.78 is 0. The number of benzene rings is 1. The zero-order valence-corrected chi connectivity index (χ0v) is 13.6. The van der Waals surface area contributed by atoms with Crippen molar-refractivity contribution in [3.05, 3.63) is 63.9 Å². The number of nitrogens with one attached hydrogen (secondary N) is 1. The van der Waals surface area contributed by atoms with Crippen LogP contribution < -0.4 is 5.32 Å². The minimum Gasteiger partial charge on any atom is -0.304 e. The predicted molar refractivity (Wildman–Crippen MR) is 88.0 cm³/mol. The van der Waals surface area contributed by atoms with Crippen LogP contribution in [-0.4, -0.2) is 10.5 Å². The molecule has 2 nitrogen and oxygen atoms in total. The van der Waals surface area contributed by atoms with E-state index >= 15 is 0 Å². The molecule has 0 saturated carbocycles. The lowest BCUT2D eigenvalue weighted by Gasteiger charge is -2.27. The molecule has 1 fully saturated rings. The molecule has 21 heavy (non-hydrogen) atoms. The Bertz CT molecular complexity index is 640. The predicted octanol–water partition coefficient (Wildman–Crippen LogP) is 4.99. The van der Waals surface area contributed by atoms with Gasteiger partial charge in [-0.2, -0.15) is 0 Å². The van der Waals surface area contributed by atoms with Crippen molar-refractivity contribution in [3.8, 4) is 0 Å². The van der Waals surface area contributed by atoms with E-state index in [0.717, 1.165) is 6.42 Å². The standard InChI is InChI=1S/C17H18Cl2N2/c1-17(2)13(11-5-7-20-8-6-11)10-16(21-17)12-3-4-14(18)15(19)9-12/h3-9,13,16,21H,10H2,1-2H3/t13-,16+/m0/s1. The molecule has 2 atom stereocenters. The lowest BCUT2D eigenvalue weighted by molar-refractivity contribution is 0.397. The molecule has 0 spiro atoms. The molecule has 4 heteroatoms. The molecule has 2 aromatic rings. The second-order valence-electron chi connectivity index (χ2n) is 6.16. The molecule has 1 aromatic heterocycles. The topological polar surface area (TPSA) is 24.9 Å². The highest BCUT2D eigenvalue weighted by Gasteiger charge is 2.41. The zero-order valence-electron chi connectivity index (χ0n) is 12.1. The first kappa shape index (κ1) is 14.8. The highest BCUT2D eigenvalue weighted by atomic mass is 35.5. The van der Waals surface area contributed by atoms with Gasteiger partial charge in [-0.05, 0) is 55.7 Å². The third-order valence-electron chi connectivity index (χ3n) is 4.34. The van der Waals surface area contributed by atoms with Gasteiger partial charge >= 0.3 is 0 Å². The highest BCUT2D eigenvalue weighted by molar-refractivity contribution is 6.42. The fraction of sp³-hybridized carbons (Fsp3) is 0.353. The average Bonchev–Trinajstić information content (AvgIpc) is 2.78. The fourth-order valence-electron chi connectivity index (χ4n) is 3.24. The summed E-state index contributed by atoms with van der Waals surface area (Å²) >= 11 is 12.2. The van der Waals surface area contributed by atoms with E-state index in [0.29, 0.717) is 16.0 Å². The molecule has 0 bridgehead atoms. The van der Waals surface area contributed by atoms with E-state index in [1.165, 1.54) is 11.1 Å². The van der Waals surface area contributed by atoms with E-state index in [-0.39, 0.29) is 11.6 Å². The molecular weight excluding hydrogens is 303 g/mol. The summed E-state index contributed by atoms with van der Waals surface area (Å²) in [5.41, 5.74) is 2.54. The summed E-state index contributed by atoms with van der Waals surface area (Å²) in [6, 6.07) is 10.4. The lowest BCUT2D eigenvalue weighted by Crippen LogP contribution is -2.37. The molecule has 110 valence electrons. The van der Waals surface area contributed by atoms with Gasteiger partial charge in [-0.1, -0.05) is 29.3 Å². The number of halogens is 2. The maximum atomic E-state index is 6.15. The molecule has 1 N–H and O–H groups in total. The molecule has 2 heterocycles. The molecule has 1 aliphatic heterocycles. The van der Waals surface area contributed by atoms with Crippen molar-refractivity contribution >= 4 is 23.2 Å². The zero-order chi connectivity index (χ0) is 15.0. The van der Waals surface area contributed by atoms with Crippen molar-refractivity contribution in [2.45, 2.75) is 37.8 Å². The number of pyridine rings is 1. The van der Waals surface area contributed by atoms with Gasteiger partial charge in [0.15, 0.2) is 0 Å². The van der Waals surface area contributed by atoms with Gasteiger partial charge in [0.05, 0.1) is 10.0 Å². The van der Waals surface area contributed by atoms with Crippen LogP contribution in [0.15, 0.2) is 42.7 Å². The van der Waals surface area contributed by atoms with Crippen LogP contribution in [0.4, 0.5) is 0 Å². The number of rotatable bonds is 2. The first-order valence-electron chi connectivity index (χ1n) is 7.10. The molecule has 0 radical (unpaired) electrons. The van der Waals surface area contributed by atoms with E-state index in [4.69, 9.17) is 23.2 Å². The highest BCUT2D eigenvalue weighted by Crippen LogP contribution is 2.44. The van der Waals surface area contributed by atoms with Crippen LogP contribution in [0.1, 0.15) is 43.4 Å². The normalized spacial score (nSPS) is 24.2. The molecule has 0 aliphatic carbocycles. The Morgan fingerprint density at radius 1 is 1.05 bits per heavy atom. The summed E-state index contributed by atoms with van der Waals surface area (Å²) in [5, 5.41) is 4.93. The first-order chi connectivity index (χ1) is 9.97. The Kier molecular flexibility index (Phi) is 3.96. The Morgan fingerprint density at radius 2 is 1.76 bits per heavy atom. The van der Waals surface area contributed by atoms with Crippen molar-refractivity contribution in [2.75, 3.05) is 0 Å². The van der Waals surface area contributed by atoms with Crippen LogP contribution in [0.25, 0.3) is 0 Å².